The van der Waals surface area contributed by atoms with E-state index in [0.29, 0.717) is 62.9 Å². The zero-order valence-corrected chi connectivity index (χ0v) is 59.4. The number of hydrogen-bond donors (Lipinski definition) is 13. The number of nitrogens with one attached hydrogen (secondary N) is 9. The molecule has 3 aliphatic heterocycles. The van der Waals surface area contributed by atoms with Gasteiger partial charge in [0.15, 0.2) is 5.60 Å². The van der Waals surface area contributed by atoms with Crippen molar-refractivity contribution in [2.24, 2.45) is 5.73 Å². The SMILES string of the molecule is CC[C@@]1(O)C(=O)OCc2c1cc1n(c2=O)Cc2c-1nc1cc(F)c(C)c3c1c2[C@@H](NC(=O)CCC(=O)N[C@@H](Cc1ccccc1)C(=O)N[C@@H](CCCNC(N)=O)C(=O)N[C@@H](CCCCNC(=O)[C@H](CCCCNC(=O)CCOC)NC(=O)CN1C(=O)C=CC1=O)C(=O)N[C@@H](Cc1ccc(O)cc1)C(=O)O)CC3. The smallest absolute Gasteiger partial charge is 0.343 e. The number of aromatic nitrogens is 2. The number of phenolic OH excluding ortho intramolecular Hbond substituents is 1. The van der Waals surface area contributed by atoms with Gasteiger partial charge in [-0.1, -0.05) is 49.4 Å². The number of rotatable bonds is 38. The number of hydrogen-bond acceptors (Lipinski definition) is 19. The van der Waals surface area contributed by atoms with Crippen molar-refractivity contribution in [3.8, 4) is 17.1 Å². The van der Waals surface area contributed by atoms with Gasteiger partial charge in [0.2, 0.25) is 47.3 Å². The van der Waals surface area contributed by atoms with Crippen LogP contribution in [0.25, 0.3) is 22.3 Å². The summed E-state index contributed by atoms with van der Waals surface area (Å²) in [5.74, 6) is -10.4. The van der Waals surface area contributed by atoms with E-state index < -0.39 is 144 Å². The number of aliphatic hydroxyl groups is 1. The third-order valence-electron chi connectivity index (χ3n) is 19.3. The maximum atomic E-state index is 15.7. The Balaban J connectivity index is 0.895. The zero-order chi connectivity index (χ0) is 77.2. The first-order chi connectivity index (χ1) is 51.2. The van der Waals surface area contributed by atoms with Crippen LogP contribution in [0.1, 0.15) is 141 Å². The van der Waals surface area contributed by atoms with Gasteiger partial charge in [-0.15, -0.1) is 0 Å². The predicted octanol–water partition coefficient (Wildman–Crippen LogP) is 1.09. The molecule has 4 aliphatic rings. The van der Waals surface area contributed by atoms with Gasteiger partial charge >= 0.3 is 18.0 Å². The first kappa shape index (κ1) is 79.6. The van der Waals surface area contributed by atoms with Gasteiger partial charge in [0, 0.05) is 93.6 Å². The molecule has 32 nitrogen and oxygen atoms in total. The summed E-state index contributed by atoms with van der Waals surface area (Å²) in [7, 11) is 1.46. The molecule has 107 heavy (non-hydrogen) atoms. The number of unbranched alkanes of at least 4 members (excludes halogenated alkanes) is 2. The second-order valence-corrected chi connectivity index (χ2v) is 26.7. The molecule has 0 bridgehead atoms. The number of aryl methyl sites for hydroxylation is 1. The van der Waals surface area contributed by atoms with E-state index in [1.165, 1.54) is 48.1 Å². The number of esters is 1. The molecule has 0 spiro atoms. The van der Waals surface area contributed by atoms with Crippen LogP contribution >= 0.6 is 0 Å². The topological polar surface area (TPSA) is 473 Å². The van der Waals surface area contributed by atoms with E-state index in [1.807, 2.05) is 0 Å². The van der Waals surface area contributed by atoms with Crippen LogP contribution in [-0.4, -0.2) is 177 Å². The number of benzene rings is 3. The van der Waals surface area contributed by atoms with E-state index in [-0.39, 0.29) is 150 Å². The molecule has 3 aromatic carbocycles. The molecular formula is C74H88FN13O19. The number of urea groups is 1. The summed E-state index contributed by atoms with van der Waals surface area (Å²) in [5.41, 5.74) is 6.78. The quantitative estimate of drug-likeness (QED) is 0.0147. The van der Waals surface area contributed by atoms with E-state index in [4.69, 9.17) is 20.2 Å². The molecule has 2 aromatic heterocycles. The number of amides is 12. The first-order valence-electron chi connectivity index (χ1n) is 35.4. The minimum Gasteiger partial charge on any atom is -0.508 e. The Morgan fingerprint density at radius 3 is 1.92 bits per heavy atom. The van der Waals surface area contributed by atoms with Crippen LogP contribution < -0.4 is 59.1 Å². The molecular weight excluding hydrogens is 1390 g/mol. The number of nitrogens with two attached hydrogens (primary N) is 1. The molecule has 33 heteroatoms. The third kappa shape index (κ3) is 20.1. The lowest BCUT2D eigenvalue weighted by atomic mass is 9.81. The summed E-state index contributed by atoms with van der Waals surface area (Å²) >= 11 is 0. The number of aromatic hydroxyl groups is 1. The molecule has 0 fully saturated rings. The lowest BCUT2D eigenvalue weighted by Crippen LogP contribution is -2.58. The maximum absolute atomic E-state index is 15.7. The number of methoxy groups -OCH3 is 1. The first-order valence-corrected chi connectivity index (χ1v) is 35.4. The number of ether oxygens (including phenoxy) is 2. The number of carboxylic acid groups (broad SMARTS) is 1. The van der Waals surface area contributed by atoms with E-state index in [1.54, 1.807) is 44.2 Å². The molecule has 7 atom stereocenters. The van der Waals surface area contributed by atoms with Crippen LogP contribution in [0.3, 0.4) is 0 Å². The number of imide groups is 1. The lowest BCUT2D eigenvalue weighted by Gasteiger charge is -2.31. The Bertz CT molecular complexity index is 4340. The highest BCUT2D eigenvalue weighted by Crippen LogP contribution is 2.46. The fourth-order valence-corrected chi connectivity index (χ4v) is 13.5. The minimum absolute atomic E-state index is 0.000116. The average molecular weight is 1480 g/mol. The van der Waals surface area contributed by atoms with Crippen molar-refractivity contribution < 1.29 is 91.5 Å². The molecule has 12 amide bonds. The Kier molecular flexibility index (Phi) is 27.2. The standard InChI is InChI=1S/C74H88FN13O19/c1-4-74(105)47-35-56-65-45(37-87(56)70(100)46(47)39-107-72(74)103)64-49(23-22-44-40(2)48(75)36-53(83-65)63(44)64)80-58(91)24-25-59(92)82-54(33-41-13-6-5-7-14-41)69(99)85-52(17-12-31-79-73(76)104)67(97)84-51(68(98)86-55(71(101)102)34-42-18-20-43(89)21-19-42)16-9-11-30-78-66(96)50(15-8-10-29-77-57(90)28-32-106-3)81-60(93)38-88-61(94)26-27-62(88)95/h5-7,13-14,18-21,26-27,35-36,49-52,54-55,89,105H,4,8-12,15-17,22-25,28-34,37-39H2,1-3H3,(H,77,90)(H,78,96)(H,80,91)(H,81,93)(H,82,92)(H,84,97)(H,85,99)(H,86,98)(H,101,102)(H3,76,79,104)/t49-,50-,51-,52-,54-,55-,74-/m0/s1. The van der Waals surface area contributed by atoms with Gasteiger partial charge in [0.1, 0.15) is 54.9 Å². The molecule has 9 rings (SSSR count). The van der Waals surface area contributed by atoms with E-state index in [9.17, 15) is 82.4 Å². The Hall–Kier alpha value is -11.5. The number of fused-ring (bicyclic) bond motifs is 5. The number of carboxylic acids is 1. The normalized spacial score (nSPS) is 16.7. The number of aliphatic carboxylic acids is 1. The summed E-state index contributed by atoms with van der Waals surface area (Å²) in [6, 6.07) is 7.91. The van der Waals surface area contributed by atoms with Crippen LogP contribution in [0, 0.1) is 12.7 Å². The molecule has 5 aromatic rings. The molecule has 0 radical (unpaired) electrons. The van der Waals surface area contributed by atoms with Gasteiger partial charge < -0.3 is 82.9 Å². The summed E-state index contributed by atoms with van der Waals surface area (Å²) in [4.78, 5) is 193. The second-order valence-electron chi connectivity index (χ2n) is 26.7. The Labute approximate surface area is 613 Å². The van der Waals surface area contributed by atoms with Crippen molar-refractivity contribution in [1.29, 1.82) is 0 Å². The van der Waals surface area contributed by atoms with E-state index in [2.05, 4.69) is 47.9 Å². The number of phenols is 1. The van der Waals surface area contributed by atoms with Gasteiger partial charge in [0.05, 0.1) is 41.7 Å². The van der Waals surface area contributed by atoms with Gasteiger partial charge in [-0.05, 0) is 124 Å². The number of pyridine rings is 2. The number of nitrogens with zero attached hydrogens (tertiary/aromatic N) is 3. The lowest BCUT2D eigenvalue weighted by molar-refractivity contribution is -0.172. The van der Waals surface area contributed by atoms with Crippen molar-refractivity contribution >= 4 is 87.9 Å². The van der Waals surface area contributed by atoms with Crippen molar-refractivity contribution in [2.45, 2.75) is 172 Å². The van der Waals surface area contributed by atoms with Crippen molar-refractivity contribution in [3.63, 3.8) is 0 Å². The molecule has 1 aliphatic carbocycles. The molecule has 570 valence electrons. The number of primary amides is 1. The van der Waals surface area contributed by atoms with E-state index in [0.717, 1.165) is 12.2 Å². The monoisotopic (exact) mass is 1480 g/mol. The molecule has 0 saturated carbocycles. The van der Waals surface area contributed by atoms with E-state index >= 15 is 4.39 Å². The summed E-state index contributed by atoms with van der Waals surface area (Å²) in [6.45, 7) is 2.42. The van der Waals surface area contributed by atoms with Gasteiger partial charge in [-0.2, -0.15) is 0 Å². The summed E-state index contributed by atoms with van der Waals surface area (Å²) in [6.07, 6.45) is 1.83. The highest BCUT2D eigenvalue weighted by atomic mass is 19.1. The zero-order valence-electron chi connectivity index (χ0n) is 59.4. The van der Waals surface area contributed by atoms with Crippen LogP contribution in [0.4, 0.5) is 9.18 Å². The summed E-state index contributed by atoms with van der Waals surface area (Å²) < 4.78 is 27.3. The van der Waals surface area contributed by atoms with Gasteiger partial charge in [0.25, 0.3) is 17.4 Å². The van der Waals surface area contributed by atoms with Crippen molar-refractivity contribution in [3.05, 3.63) is 140 Å². The third-order valence-corrected chi connectivity index (χ3v) is 19.3. The Morgan fingerprint density at radius 2 is 1.27 bits per heavy atom. The van der Waals surface area contributed by atoms with Crippen molar-refractivity contribution in [2.75, 3.05) is 39.9 Å². The largest absolute Gasteiger partial charge is 0.508 e. The van der Waals surface area contributed by atoms with Crippen LogP contribution in [0.2, 0.25) is 0 Å². The number of carbonyl (C=O) groups excluding carboxylic acids is 12. The molecule has 0 unspecified atom stereocenters. The van der Waals surface area contributed by atoms with Crippen LogP contribution in [0.5, 0.6) is 5.75 Å². The molecule has 5 heterocycles. The minimum atomic E-state index is -2.12. The molecule has 14 N–H and O–H groups in total. The highest BCUT2D eigenvalue weighted by Gasteiger charge is 2.46. The second kappa shape index (κ2) is 36.5. The Morgan fingerprint density at radius 1 is 0.682 bits per heavy atom. The maximum Gasteiger partial charge on any atom is 0.343 e. The van der Waals surface area contributed by atoms with Crippen LogP contribution in [0.15, 0.2) is 83.7 Å². The predicted molar refractivity (Wildman–Crippen MR) is 380 cm³/mol. The van der Waals surface area contributed by atoms with Crippen LogP contribution in [-0.2, 0) is 105 Å². The fourth-order valence-electron chi connectivity index (χ4n) is 13.5. The van der Waals surface area contributed by atoms with Crippen molar-refractivity contribution in [1.82, 2.24) is 62.3 Å². The van der Waals surface area contributed by atoms with Gasteiger partial charge in [-0.25, -0.2) is 23.8 Å². The number of halogens is 1. The summed E-state index contributed by atoms with van der Waals surface area (Å²) in [5, 5.41) is 56.4. The molecule has 0 saturated heterocycles. The average Bonchev–Trinajstić information content (AvgIpc) is 1.59. The van der Waals surface area contributed by atoms with Gasteiger partial charge in [-0.3, -0.25) is 57.6 Å². The fraction of sp³-hybridized carbons (Fsp3) is 0.446. The highest BCUT2D eigenvalue weighted by molar-refractivity contribution is 6.14. The number of cyclic esters (lactones) is 1. The number of carbonyl (C=O) groups is 13.